The van der Waals surface area contributed by atoms with Crippen molar-refractivity contribution in [3.05, 3.63) is 0 Å². The summed E-state index contributed by atoms with van der Waals surface area (Å²) in [5.74, 6) is 0. The Morgan fingerprint density at radius 3 is 0.957 bits per heavy atom. The second-order valence-corrected chi connectivity index (χ2v) is 5.99. The highest BCUT2D eigenvalue weighted by Gasteiger charge is 2.18. The normalized spacial score (nSPS) is 11.7. The predicted octanol–water partition coefficient (Wildman–Crippen LogP) is 5.30. The van der Waals surface area contributed by atoms with Gasteiger partial charge in [0.1, 0.15) is 0 Å². The van der Waals surface area contributed by atoms with Gasteiger partial charge in [0.05, 0.1) is 0 Å². The van der Waals surface area contributed by atoms with Crippen molar-refractivity contribution in [1.82, 2.24) is 0 Å². The molecule has 0 aromatic carbocycles. The molecule has 0 aromatic heterocycles. The third-order valence-corrected chi connectivity index (χ3v) is 3.59. The Balaban J connectivity index is 4.31. The van der Waals surface area contributed by atoms with Gasteiger partial charge in [-0.2, -0.15) is 0 Å². The van der Waals surface area contributed by atoms with Crippen molar-refractivity contribution in [1.29, 1.82) is 0 Å². The fraction of sp³-hybridized carbons (Fsp3) is 1.00. The number of hydrogen-bond acceptors (Lipinski definition) is 4. The Morgan fingerprint density at radius 1 is 0.478 bits per heavy atom. The molecule has 0 heterocycles. The zero-order valence-electron chi connectivity index (χ0n) is 16.0. The van der Waals surface area contributed by atoms with Gasteiger partial charge >= 0.3 is 0 Å². The molecular formula is C19H40O4. The SMILES string of the molecule is CCCCOC(CC(OCCCC)OCCCC)OCCCC. The van der Waals surface area contributed by atoms with Crippen LogP contribution in [-0.4, -0.2) is 39.0 Å². The number of unbranched alkanes of at least 4 members (excludes halogenated alkanes) is 4. The van der Waals surface area contributed by atoms with E-state index in [2.05, 4.69) is 27.7 Å². The monoisotopic (exact) mass is 332 g/mol. The van der Waals surface area contributed by atoms with Gasteiger partial charge in [-0.25, -0.2) is 0 Å². The first-order valence-corrected chi connectivity index (χ1v) is 9.74. The van der Waals surface area contributed by atoms with Gasteiger partial charge in [-0.15, -0.1) is 0 Å². The molecule has 4 nitrogen and oxygen atoms in total. The maximum absolute atomic E-state index is 5.89. The molecule has 0 fully saturated rings. The van der Waals surface area contributed by atoms with E-state index >= 15 is 0 Å². The quantitative estimate of drug-likeness (QED) is 0.252. The van der Waals surface area contributed by atoms with Gasteiger partial charge in [0.2, 0.25) is 0 Å². The average molecular weight is 333 g/mol. The molecule has 0 spiro atoms. The molecule has 0 atom stereocenters. The lowest BCUT2D eigenvalue weighted by Gasteiger charge is -2.25. The van der Waals surface area contributed by atoms with Crippen molar-refractivity contribution in [2.75, 3.05) is 26.4 Å². The van der Waals surface area contributed by atoms with Gasteiger partial charge in [0, 0.05) is 32.8 Å². The number of rotatable bonds is 18. The lowest BCUT2D eigenvalue weighted by molar-refractivity contribution is -0.214. The Kier molecular flexibility index (Phi) is 18.1. The first-order chi connectivity index (χ1) is 11.3. The zero-order valence-corrected chi connectivity index (χ0v) is 16.0. The molecule has 0 rings (SSSR count). The van der Waals surface area contributed by atoms with E-state index in [0.717, 1.165) is 77.8 Å². The molecule has 0 bridgehead atoms. The smallest absolute Gasteiger partial charge is 0.162 e. The van der Waals surface area contributed by atoms with Crippen LogP contribution in [0.5, 0.6) is 0 Å². The van der Waals surface area contributed by atoms with Crippen LogP contribution < -0.4 is 0 Å². The standard InChI is InChI=1S/C19H40O4/c1-5-9-13-20-18(21-14-10-6-2)17-19(22-15-11-7-3)23-16-12-8-4/h18-19H,5-17H2,1-4H3. The summed E-state index contributed by atoms with van der Waals surface area (Å²) in [5.41, 5.74) is 0. The van der Waals surface area contributed by atoms with E-state index in [4.69, 9.17) is 18.9 Å². The van der Waals surface area contributed by atoms with Crippen molar-refractivity contribution in [3.63, 3.8) is 0 Å². The highest BCUT2D eigenvalue weighted by Crippen LogP contribution is 2.13. The van der Waals surface area contributed by atoms with Gasteiger partial charge in [-0.05, 0) is 25.7 Å². The van der Waals surface area contributed by atoms with Gasteiger partial charge in [-0.1, -0.05) is 53.4 Å². The topological polar surface area (TPSA) is 36.9 Å². The van der Waals surface area contributed by atoms with Crippen LogP contribution >= 0.6 is 0 Å². The molecule has 140 valence electrons. The molecule has 4 heteroatoms. The van der Waals surface area contributed by atoms with Crippen LogP contribution in [0, 0.1) is 0 Å². The summed E-state index contributed by atoms with van der Waals surface area (Å²) in [7, 11) is 0. The van der Waals surface area contributed by atoms with Crippen LogP contribution in [-0.2, 0) is 18.9 Å². The summed E-state index contributed by atoms with van der Waals surface area (Å²) in [4.78, 5) is 0. The highest BCUT2D eigenvalue weighted by atomic mass is 16.7. The fourth-order valence-electron chi connectivity index (χ4n) is 1.96. The molecule has 0 aliphatic heterocycles. The van der Waals surface area contributed by atoms with Crippen molar-refractivity contribution in [2.24, 2.45) is 0 Å². The van der Waals surface area contributed by atoms with Gasteiger partial charge in [0.25, 0.3) is 0 Å². The Morgan fingerprint density at radius 2 is 0.739 bits per heavy atom. The van der Waals surface area contributed by atoms with Crippen LogP contribution in [0.1, 0.15) is 85.5 Å². The van der Waals surface area contributed by atoms with Gasteiger partial charge in [0.15, 0.2) is 12.6 Å². The summed E-state index contributed by atoms with van der Waals surface area (Å²) in [5, 5.41) is 0. The molecule has 0 saturated heterocycles. The van der Waals surface area contributed by atoms with E-state index in [0.29, 0.717) is 6.42 Å². The molecule has 0 aliphatic rings. The molecule has 0 aromatic rings. The van der Waals surface area contributed by atoms with Gasteiger partial charge < -0.3 is 18.9 Å². The van der Waals surface area contributed by atoms with E-state index in [-0.39, 0.29) is 12.6 Å². The molecule has 0 saturated carbocycles. The minimum absolute atomic E-state index is 0.221. The van der Waals surface area contributed by atoms with E-state index in [1.54, 1.807) is 0 Å². The Labute approximate surface area is 144 Å². The predicted molar refractivity (Wildman–Crippen MR) is 95.6 cm³/mol. The zero-order chi connectivity index (χ0) is 17.2. The van der Waals surface area contributed by atoms with Crippen molar-refractivity contribution < 1.29 is 18.9 Å². The van der Waals surface area contributed by atoms with Crippen LogP contribution in [0.4, 0.5) is 0 Å². The lowest BCUT2D eigenvalue weighted by atomic mass is 10.3. The van der Waals surface area contributed by atoms with E-state index in [1.165, 1.54) is 0 Å². The molecule has 0 radical (unpaired) electrons. The minimum atomic E-state index is -0.221. The molecular weight excluding hydrogens is 292 g/mol. The molecule has 0 aliphatic carbocycles. The third-order valence-electron chi connectivity index (χ3n) is 3.59. The second-order valence-electron chi connectivity index (χ2n) is 5.99. The van der Waals surface area contributed by atoms with Crippen LogP contribution in [0.25, 0.3) is 0 Å². The van der Waals surface area contributed by atoms with E-state index in [9.17, 15) is 0 Å². The largest absolute Gasteiger partial charge is 0.352 e. The summed E-state index contributed by atoms with van der Waals surface area (Å²) >= 11 is 0. The number of hydrogen-bond donors (Lipinski definition) is 0. The fourth-order valence-corrected chi connectivity index (χ4v) is 1.96. The Bertz CT molecular complexity index is 181. The number of ether oxygens (including phenoxy) is 4. The lowest BCUT2D eigenvalue weighted by Crippen LogP contribution is -2.29. The minimum Gasteiger partial charge on any atom is -0.352 e. The molecule has 0 N–H and O–H groups in total. The van der Waals surface area contributed by atoms with E-state index in [1.807, 2.05) is 0 Å². The van der Waals surface area contributed by atoms with E-state index < -0.39 is 0 Å². The van der Waals surface area contributed by atoms with Crippen molar-refractivity contribution in [3.8, 4) is 0 Å². The first-order valence-electron chi connectivity index (χ1n) is 9.74. The maximum Gasteiger partial charge on any atom is 0.162 e. The molecule has 23 heavy (non-hydrogen) atoms. The summed E-state index contributed by atoms with van der Waals surface area (Å²) < 4.78 is 23.6. The molecule has 0 unspecified atom stereocenters. The second kappa shape index (κ2) is 18.2. The Hall–Kier alpha value is -0.160. The highest BCUT2D eigenvalue weighted by molar-refractivity contribution is 4.54. The van der Waals surface area contributed by atoms with Crippen LogP contribution in [0.3, 0.4) is 0 Å². The van der Waals surface area contributed by atoms with Crippen molar-refractivity contribution in [2.45, 2.75) is 98.1 Å². The first kappa shape index (κ1) is 22.8. The average Bonchev–Trinajstić information content (AvgIpc) is 2.55. The maximum atomic E-state index is 5.89. The van der Waals surface area contributed by atoms with Crippen molar-refractivity contribution >= 4 is 0 Å². The molecule has 0 amide bonds. The summed E-state index contributed by atoms with van der Waals surface area (Å²) in [6, 6.07) is 0. The third kappa shape index (κ3) is 15.1. The summed E-state index contributed by atoms with van der Waals surface area (Å²) in [6.45, 7) is 11.6. The van der Waals surface area contributed by atoms with Crippen LogP contribution in [0.15, 0.2) is 0 Å². The van der Waals surface area contributed by atoms with Crippen LogP contribution in [0.2, 0.25) is 0 Å². The van der Waals surface area contributed by atoms with Gasteiger partial charge in [-0.3, -0.25) is 0 Å². The summed E-state index contributed by atoms with van der Waals surface area (Å²) in [6.07, 6.45) is 8.98.